The minimum Gasteiger partial charge on any atom is -0.395 e. The van der Waals surface area contributed by atoms with Crippen molar-refractivity contribution in [2.24, 2.45) is 0 Å². The number of nitrogens with zero attached hydrogens (tertiary/aromatic N) is 2. The predicted molar refractivity (Wildman–Crippen MR) is 96.3 cm³/mol. The van der Waals surface area contributed by atoms with Crippen molar-refractivity contribution in [2.75, 3.05) is 25.1 Å². The molecule has 0 spiro atoms. The molecule has 1 aromatic carbocycles. The maximum atomic E-state index is 12.5. The number of aliphatic hydroxyl groups is 1. The molecule has 0 aliphatic heterocycles. The molecule has 2 rings (SSSR count). The standard InChI is InChI=1S/C19H25N3O2/c1-4-17(18-13-14(2)9-10-20-18)21-19(24)15-5-7-16(8-6-15)22(3)11-12-23/h5-10,13,17,23H,4,11-12H2,1-3H3,(H,21,24)/t17-/m1/s1. The van der Waals surface area contributed by atoms with Crippen molar-refractivity contribution in [1.82, 2.24) is 10.3 Å². The molecule has 0 bridgehead atoms. The van der Waals surface area contributed by atoms with Gasteiger partial charge in [0.15, 0.2) is 0 Å². The van der Waals surface area contributed by atoms with E-state index in [0.29, 0.717) is 12.1 Å². The zero-order valence-electron chi connectivity index (χ0n) is 14.5. The van der Waals surface area contributed by atoms with E-state index in [-0.39, 0.29) is 18.6 Å². The van der Waals surface area contributed by atoms with Crippen molar-refractivity contribution < 1.29 is 9.90 Å². The molecule has 0 saturated carbocycles. The van der Waals surface area contributed by atoms with E-state index in [1.807, 2.05) is 50.1 Å². The zero-order chi connectivity index (χ0) is 17.5. The van der Waals surface area contributed by atoms with Crippen molar-refractivity contribution in [3.63, 3.8) is 0 Å². The number of pyridine rings is 1. The number of hydrogen-bond donors (Lipinski definition) is 2. The number of rotatable bonds is 7. The number of benzene rings is 1. The van der Waals surface area contributed by atoms with Gasteiger partial charge in [0.2, 0.25) is 0 Å². The first-order valence-electron chi connectivity index (χ1n) is 8.20. The van der Waals surface area contributed by atoms with E-state index < -0.39 is 0 Å². The Morgan fingerprint density at radius 3 is 2.58 bits per heavy atom. The summed E-state index contributed by atoms with van der Waals surface area (Å²) in [5.74, 6) is -0.110. The highest BCUT2D eigenvalue weighted by Crippen LogP contribution is 2.17. The van der Waals surface area contributed by atoms with Gasteiger partial charge in [-0.25, -0.2) is 0 Å². The van der Waals surface area contributed by atoms with Crippen LogP contribution in [0.3, 0.4) is 0 Å². The van der Waals surface area contributed by atoms with Crippen LogP contribution in [0.15, 0.2) is 42.6 Å². The number of hydrogen-bond acceptors (Lipinski definition) is 4. The average Bonchev–Trinajstić information content (AvgIpc) is 2.59. The number of amides is 1. The third kappa shape index (κ3) is 4.55. The van der Waals surface area contributed by atoms with E-state index in [2.05, 4.69) is 10.3 Å². The third-order valence-corrected chi connectivity index (χ3v) is 4.01. The topological polar surface area (TPSA) is 65.5 Å². The largest absolute Gasteiger partial charge is 0.395 e. The van der Waals surface area contributed by atoms with Crippen LogP contribution in [0.2, 0.25) is 0 Å². The summed E-state index contributed by atoms with van der Waals surface area (Å²) < 4.78 is 0. The lowest BCUT2D eigenvalue weighted by molar-refractivity contribution is 0.0934. The van der Waals surface area contributed by atoms with Crippen LogP contribution in [0.4, 0.5) is 5.69 Å². The number of aliphatic hydroxyl groups excluding tert-OH is 1. The first kappa shape index (κ1) is 17.9. The fourth-order valence-corrected chi connectivity index (χ4v) is 2.52. The molecule has 24 heavy (non-hydrogen) atoms. The molecule has 0 aliphatic rings. The van der Waals surface area contributed by atoms with Gasteiger partial charge >= 0.3 is 0 Å². The molecule has 1 heterocycles. The normalized spacial score (nSPS) is 11.8. The van der Waals surface area contributed by atoms with Gasteiger partial charge in [-0.1, -0.05) is 6.92 Å². The summed E-state index contributed by atoms with van der Waals surface area (Å²) in [5.41, 5.74) is 3.59. The number of aromatic nitrogens is 1. The van der Waals surface area contributed by atoms with E-state index >= 15 is 0 Å². The molecule has 0 fully saturated rings. The monoisotopic (exact) mass is 327 g/mol. The Kier molecular flexibility index (Phi) is 6.32. The second-order valence-corrected chi connectivity index (χ2v) is 5.88. The van der Waals surface area contributed by atoms with Crippen LogP contribution in [0, 0.1) is 6.92 Å². The molecule has 0 unspecified atom stereocenters. The van der Waals surface area contributed by atoms with Crippen molar-refractivity contribution >= 4 is 11.6 Å². The summed E-state index contributed by atoms with van der Waals surface area (Å²) in [6, 6.07) is 11.2. The number of carbonyl (C=O) groups is 1. The highest BCUT2D eigenvalue weighted by atomic mass is 16.3. The lowest BCUT2D eigenvalue weighted by Gasteiger charge is -2.19. The molecule has 128 valence electrons. The first-order chi connectivity index (χ1) is 11.5. The number of carbonyl (C=O) groups excluding carboxylic acids is 1. The van der Waals surface area contributed by atoms with Crippen molar-refractivity contribution in [1.29, 1.82) is 0 Å². The number of anilines is 1. The van der Waals surface area contributed by atoms with Crippen molar-refractivity contribution in [3.05, 3.63) is 59.4 Å². The molecule has 2 N–H and O–H groups in total. The van der Waals surface area contributed by atoms with Crippen LogP contribution in [0.25, 0.3) is 0 Å². The Hall–Kier alpha value is -2.40. The SMILES string of the molecule is CC[C@@H](NC(=O)c1ccc(N(C)CCO)cc1)c1cc(C)ccn1. The Labute approximate surface area is 143 Å². The lowest BCUT2D eigenvalue weighted by Crippen LogP contribution is -2.29. The van der Waals surface area contributed by atoms with E-state index in [9.17, 15) is 4.79 Å². The van der Waals surface area contributed by atoms with Crippen LogP contribution in [-0.4, -0.2) is 36.2 Å². The molecule has 1 atom stereocenters. The molecule has 0 radical (unpaired) electrons. The Morgan fingerprint density at radius 2 is 2.00 bits per heavy atom. The molecule has 0 saturated heterocycles. The molecule has 0 aliphatic carbocycles. The molecule has 5 heteroatoms. The van der Waals surface area contributed by atoms with Crippen LogP contribution < -0.4 is 10.2 Å². The summed E-state index contributed by atoms with van der Waals surface area (Å²) in [7, 11) is 1.90. The summed E-state index contributed by atoms with van der Waals surface area (Å²) >= 11 is 0. The second kappa shape index (κ2) is 8.45. The lowest BCUT2D eigenvalue weighted by atomic mass is 10.1. The number of likely N-dealkylation sites (N-methyl/N-ethyl adjacent to an activating group) is 1. The van der Waals surface area contributed by atoms with Gasteiger partial charge < -0.3 is 15.3 Å². The zero-order valence-corrected chi connectivity index (χ0v) is 14.5. The van der Waals surface area contributed by atoms with Crippen molar-refractivity contribution in [2.45, 2.75) is 26.3 Å². The quantitative estimate of drug-likeness (QED) is 0.820. The highest BCUT2D eigenvalue weighted by molar-refractivity contribution is 5.94. The molecule has 5 nitrogen and oxygen atoms in total. The van der Waals surface area contributed by atoms with Gasteiger partial charge in [-0.15, -0.1) is 0 Å². The van der Waals surface area contributed by atoms with Crippen LogP contribution in [-0.2, 0) is 0 Å². The van der Waals surface area contributed by atoms with Gasteiger partial charge in [0.1, 0.15) is 0 Å². The van der Waals surface area contributed by atoms with Crippen LogP contribution in [0.5, 0.6) is 0 Å². The van der Waals surface area contributed by atoms with Crippen LogP contribution in [0.1, 0.15) is 41.0 Å². The van der Waals surface area contributed by atoms with E-state index in [4.69, 9.17) is 5.11 Å². The summed E-state index contributed by atoms with van der Waals surface area (Å²) in [6.45, 7) is 4.70. The fraction of sp³-hybridized carbons (Fsp3) is 0.368. The van der Waals surface area contributed by atoms with Gasteiger partial charge in [0.05, 0.1) is 18.3 Å². The number of nitrogens with one attached hydrogen (secondary N) is 1. The first-order valence-corrected chi connectivity index (χ1v) is 8.20. The molecular formula is C19H25N3O2. The summed E-state index contributed by atoms with van der Waals surface area (Å²) in [6.07, 6.45) is 2.55. The van der Waals surface area contributed by atoms with E-state index in [0.717, 1.165) is 23.4 Å². The van der Waals surface area contributed by atoms with Crippen molar-refractivity contribution in [3.8, 4) is 0 Å². The predicted octanol–water partition coefficient (Wildman–Crippen LogP) is 2.70. The molecule has 1 amide bonds. The van der Waals surface area contributed by atoms with Gasteiger partial charge in [0.25, 0.3) is 5.91 Å². The van der Waals surface area contributed by atoms with Gasteiger partial charge in [-0.3, -0.25) is 9.78 Å². The maximum absolute atomic E-state index is 12.5. The Balaban J connectivity index is 2.08. The molecule has 1 aromatic heterocycles. The average molecular weight is 327 g/mol. The molecular weight excluding hydrogens is 302 g/mol. The van der Waals surface area contributed by atoms with Crippen LogP contribution >= 0.6 is 0 Å². The minimum absolute atomic E-state index is 0.0976. The molecule has 2 aromatic rings. The third-order valence-electron chi connectivity index (χ3n) is 4.01. The minimum atomic E-state index is -0.110. The van der Waals surface area contributed by atoms with Gasteiger partial charge in [0, 0.05) is 31.0 Å². The van der Waals surface area contributed by atoms with Gasteiger partial charge in [-0.2, -0.15) is 0 Å². The summed E-state index contributed by atoms with van der Waals surface area (Å²) in [5, 5.41) is 12.0. The highest BCUT2D eigenvalue weighted by Gasteiger charge is 2.15. The van der Waals surface area contributed by atoms with Gasteiger partial charge in [-0.05, 0) is 55.3 Å². The Morgan fingerprint density at radius 1 is 1.29 bits per heavy atom. The maximum Gasteiger partial charge on any atom is 0.251 e. The van der Waals surface area contributed by atoms with E-state index in [1.165, 1.54) is 0 Å². The summed E-state index contributed by atoms with van der Waals surface area (Å²) in [4.78, 5) is 18.8. The van der Waals surface area contributed by atoms with E-state index in [1.54, 1.807) is 18.3 Å². The second-order valence-electron chi connectivity index (χ2n) is 5.88. The fourth-order valence-electron chi connectivity index (χ4n) is 2.52. The smallest absolute Gasteiger partial charge is 0.251 e. The number of aryl methyl sites for hydroxylation is 1. The Bertz CT molecular complexity index is 671.